The van der Waals surface area contributed by atoms with Crippen molar-refractivity contribution >= 4 is 11.4 Å². The molecule has 0 fully saturated rings. The molecule has 0 radical (unpaired) electrons. The Hall–Kier alpha value is -1.68. The van der Waals surface area contributed by atoms with Crippen molar-refractivity contribution in [1.82, 2.24) is 15.8 Å². The molecule has 1 aromatic heterocycles. The number of nitrogens with one attached hydrogen (secondary N) is 2. The van der Waals surface area contributed by atoms with Gasteiger partial charge in [-0.25, -0.2) is 5.43 Å². The molecule has 18 heavy (non-hydrogen) atoms. The van der Waals surface area contributed by atoms with Gasteiger partial charge in [0, 0.05) is 18.3 Å². The number of Topliss-reactive ketones (excluding diaryl/α,β-unsaturated/α-hetero) is 1. The van der Waals surface area contributed by atoms with Crippen molar-refractivity contribution in [2.24, 2.45) is 5.92 Å². The number of hydrogen-bond donors (Lipinski definition) is 2. The Kier molecular flexibility index (Phi) is 2.08. The molecule has 2 heterocycles. The molecule has 2 N–H and O–H groups in total. The van der Waals surface area contributed by atoms with E-state index in [9.17, 15) is 4.79 Å². The molecular weight excluding hydrogens is 226 g/mol. The molecule has 1 aromatic rings. The summed E-state index contributed by atoms with van der Waals surface area (Å²) in [6.07, 6.45) is 6.30. The highest BCUT2D eigenvalue weighted by molar-refractivity contribution is 6.19. The Labute approximate surface area is 105 Å². The highest BCUT2D eigenvalue weighted by Crippen LogP contribution is 2.43. The Morgan fingerprint density at radius 1 is 1.33 bits per heavy atom. The van der Waals surface area contributed by atoms with Crippen LogP contribution in [0.4, 0.5) is 0 Å². The number of carbonyl (C=O) groups is 1. The van der Waals surface area contributed by atoms with Crippen LogP contribution in [0.3, 0.4) is 0 Å². The number of carbonyl (C=O) groups excluding carboxylic acids is 1. The minimum atomic E-state index is 0.0585. The SMILES string of the molecule is O=C1C2=C3c4c(ccnc41)CCCC3CCNN2. The average molecular weight is 241 g/mol. The van der Waals surface area contributed by atoms with Crippen LogP contribution in [0, 0.1) is 5.92 Å². The Bertz CT molecular complexity index is 576. The van der Waals surface area contributed by atoms with Crippen LogP contribution in [0.25, 0.3) is 5.57 Å². The van der Waals surface area contributed by atoms with Gasteiger partial charge in [-0.1, -0.05) is 0 Å². The van der Waals surface area contributed by atoms with E-state index in [-0.39, 0.29) is 5.78 Å². The van der Waals surface area contributed by atoms with Gasteiger partial charge < -0.3 is 5.43 Å². The first kappa shape index (κ1) is 10.3. The number of rotatable bonds is 0. The first-order valence-corrected chi connectivity index (χ1v) is 6.62. The molecule has 1 atom stereocenters. The fraction of sp³-hybridized carbons (Fsp3) is 0.429. The zero-order valence-electron chi connectivity index (χ0n) is 10.1. The van der Waals surface area contributed by atoms with Crippen molar-refractivity contribution in [1.29, 1.82) is 0 Å². The topological polar surface area (TPSA) is 54.0 Å². The summed E-state index contributed by atoms with van der Waals surface area (Å²) in [6, 6.07) is 2.07. The summed E-state index contributed by atoms with van der Waals surface area (Å²) in [4.78, 5) is 16.7. The third kappa shape index (κ3) is 1.24. The van der Waals surface area contributed by atoms with Crippen LogP contribution in [0.2, 0.25) is 0 Å². The van der Waals surface area contributed by atoms with Crippen molar-refractivity contribution in [2.75, 3.05) is 6.54 Å². The summed E-state index contributed by atoms with van der Waals surface area (Å²) in [5.41, 5.74) is 11.3. The molecule has 0 spiro atoms. The second-order valence-corrected chi connectivity index (χ2v) is 5.24. The van der Waals surface area contributed by atoms with Gasteiger partial charge in [-0.2, -0.15) is 0 Å². The minimum Gasteiger partial charge on any atom is -0.318 e. The zero-order valence-corrected chi connectivity index (χ0v) is 10.1. The molecule has 0 saturated heterocycles. The van der Waals surface area contributed by atoms with E-state index < -0.39 is 0 Å². The van der Waals surface area contributed by atoms with Crippen molar-refractivity contribution in [3.05, 3.63) is 34.8 Å². The fourth-order valence-corrected chi connectivity index (χ4v) is 3.45. The summed E-state index contributed by atoms with van der Waals surface area (Å²) in [5, 5.41) is 0. The number of nitrogens with zero attached hydrogens (tertiary/aromatic N) is 1. The average Bonchev–Trinajstić information content (AvgIpc) is 2.57. The van der Waals surface area contributed by atoms with Crippen molar-refractivity contribution in [2.45, 2.75) is 25.7 Å². The Morgan fingerprint density at radius 2 is 2.28 bits per heavy atom. The van der Waals surface area contributed by atoms with Gasteiger partial charge in [0.05, 0.1) is 0 Å². The van der Waals surface area contributed by atoms with Crippen molar-refractivity contribution in [3.8, 4) is 0 Å². The summed E-state index contributed by atoms with van der Waals surface area (Å²) in [5.74, 6) is 0.557. The van der Waals surface area contributed by atoms with Crippen LogP contribution in [0.15, 0.2) is 18.0 Å². The first-order chi connectivity index (χ1) is 8.86. The molecule has 0 amide bonds. The minimum absolute atomic E-state index is 0.0585. The summed E-state index contributed by atoms with van der Waals surface area (Å²) >= 11 is 0. The maximum atomic E-state index is 12.4. The van der Waals surface area contributed by atoms with Crippen LogP contribution in [-0.4, -0.2) is 17.3 Å². The third-order valence-corrected chi connectivity index (χ3v) is 4.26. The van der Waals surface area contributed by atoms with Crippen LogP contribution < -0.4 is 10.9 Å². The quantitative estimate of drug-likeness (QED) is 0.721. The lowest BCUT2D eigenvalue weighted by molar-refractivity contribution is 0.102. The van der Waals surface area contributed by atoms with E-state index in [4.69, 9.17) is 0 Å². The molecule has 4 rings (SSSR count). The number of aryl methyl sites for hydroxylation is 1. The molecule has 1 aliphatic heterocycles. The Morgan fingerprint density at radius 3 is 3.22 bits per heavy atom. The third-order valence-electron chi connectivity index (χ3n) is 4.26. The van der Waals surface area contributed by atoms with E-state index in [2.05, 4.69) is 21.9 Å². The molecule has 0 aromatic carbocycles. The lowest BCUT2D eigenvalue weighted by atomic mass is 9.89. The second kappa shape index (κ2) is 3.65. The number of aromatic nitrogens is 1. The van der Waals surface area contributed by atoms with Gasteiger partial charge >= 0.3 is 0 Å². The van der Waals surface area contributed by atoms with Gasteiger partial charge in [-0.3, -0.25) is 9.78 Å². The molecule has 92 valence electrons. The van der Waals surface area contributed by atoms with Crippen LogP contribution in [0.5, 0.6) is 0 Å². The first-order valence-electron chi connectivity index (χ1n) is 6.62. The van der Waals surface area contributed by atoms with Gasteiger partial charge in [-0.15, -0.1) is 0 Å². The maximum Gasteiger partial charge on any atom is 0.229 e. The number of pyridine rings is 1. The molecule has 4 nitrogen and oxygen atoms in total. The molecule has 0 bridgehead atoms. The Balaban J connectivity index is 2.02. The molecule has 3 aliphatic rings. The predicted octanol–water partition coefficient (Wildman–Crippen LogP) is 1.44. The normalized spacial score (nSPS) is 25.3. The zero-order chi connectivity index (χ0) is 12.1. The molecule has 4 heteroatoms. The number of ketones is 1. The summed E-state index contributed by atoms with van der Waals surface area (Å²) in [6.45, 7) is 0.913. The van der Waals surface area contributed by atoms with Crippen LogP contribution in [0.1, 0.15) is 40.9 Å². The maximum absolute atomic E-state index is 12.4. The molecule has 1 unspecified atom stereocenters. The van der Waals surface area contributed by atoms with Gasteiger partial charge in [0.15, 0.2) is 0 Å². The monoisotopic (exact) mass is 241 g/mol. The number of allylic oxidation sites excluding steroid dienone is 2. The van der Waals surface area contributed by atoms with Gasteiger partial charge in [0.1, 0.15) is 11.4 Å². The molecule has 2 aliphatic carbocycles. The molecule has 0 saturated carbocycles. The highest BCUT2D eigenvalue weighted by atomic mass is 16.1. The molecular formula is C14H15N3O. The van der Waals surface area contributed by atoms with E-state index in [0.29, 0.717) is 11.6 Å². The van der Waals surface area contributed by atoms with E-state index >= 15 is 0 Å². The van der Waals surface area contributed by atoms with Crippen molar-refractivity contribution in [3.63, 3.8) is 0 Å². The van der Waals surface area contributed by atoms with Crippen LogP contribution >= 0.6 is 0 Å². The van der Waals surface area contributed by atoms with Crippen molar-refractivity contribution < 1.29 is 4.79 Å². The van der Waals surface area contributed by atoms with Crippen LogP contribution in [-0.2, 0) is 6.42 Å². The highest BCUT2D eigenvalue weighted by Gasteiger charge is 2.38. The second-order valence-electron chi connectivity index (χ2n) is 5.24. The van der Waals surface area contributed by atoms with Gasteiger partial charge in [-0.05, 0) is 48.8 Å². The van der Waals surface area contributed by atoms with Gasteiger partial charge in [0.2, 0.25) is 5.78 Å². The predicted molar refractivity (Wildman–Crippen MR) is 67.7 cm³/mol. The number of hydrogen-bond acceptors (Lipinski definition) is 4. The largest absolute Gasteiger partial charge is 0.318 e. The smallest absolute Gasteiger partial charge is 0.229 e. The number of hydrazine groups is 1. The van der Waals surface area contributed by atoms with E-state index in [1.165, 1.54) is 24.0 Å². The van der Waals surface area contributed by atoms with Gasteiger partial charge in [0.25, 0.3) is 0 Å². The standard InChI is InChI=1S/C14H15N3O/c18-14-12-10-8(4-6-15-12)2-1-3-9-5-7-16-17-13(14)11(9)10/h4,6,9,16-17H,1-3,5,7H2. The fourth-order valence-electron chi connectivity index (χ4n) is 3.45. The van der Waals surface area contributed by atoms with E-state index in [1.54, 1.807) is 6.20 Å². The van der Waals surface area contributed by atoms with E-state index in [1.807, 2.05) is 0 Å². The lowest BCUT2D eigenvalue weighted by Gasteiger charge is -2.14. The van der Waals surface area contributed by atoms with E-state index in [0.717, 1.165) is 30.6 Å². The summed E-state index contributed by atoms with van der Waals surface area (Å²) < 4.78 is 0. The summed E-state index contributed by atoms with van der Waals surface area (Å²) in [7, 11) is 0. The lowest BCUT2D eigenvalue weighted by Crippen LogP contribution is -2.32.